The van der Waals surface area contributed by atoms with E-state index in [4.69, 9.17) is 9.47 Å². The molecule has 0 aromatic heterocycles. The monoisotopic (exact) mass is 192 g/mol. The van der Waals surface area contributed by atoms with E-state index < -0.39 is 5.41 Å². The molecule has 0 aromatic rings. The van der Waals surface area contributed by atoms with Crippen LogP contribution in [-0.4, -0.2) is 43.0 Å². The van der Waals surface area contributed by atoms with Gasteiger partial charge in [0.1, 0.15) is 5.41 Å². The van der Waals surface area contributed by atoms with Gasteiger partial charge in [-0.25, -0.2) is 0 Å². The van der Waals surface area contributed by atoms with Crippen LogP contribution in [0.5, 0.6) is 0 Å². The third-order valence-electron chi connectivity index (χ3n) is 1.87. The molecule has 5 heteroatoms. The Balaban J connectivity index is 3.80. The van der Waals surface area contributed by atoms with Crippen molar-refractivity contribution in [3.8, 4) is 0 Å². The number of methoxy groups -OCH3 is 3. The predicted octanol–water partition coefficient (Wildman–Crippen LogP) is -0.748. The molecule has 0 bridgehead atoms. The van der Waals surface area contributed by atoms with Gasteiger partial charge in [-0.1, -0.05) is 0 Å². The fraction of sp³-hybridized carbons (Fsp3) is 0.857. The highest BCUT2D eigenvalue weighted by Gasteiger charge is 2.23. The molecule has 72 valence electrons. The second-order valence-electron chi connectivity index (χ2n) is 2.62. The molecule has 0 aliphatic carbocycles. The lowest BCUT2D eigenvalue weighted by atomic mass is 10.3. The molecule has 0 amide bonds. The molecule has 0 aliphatic rings. The number of carbonyl (C=O) groups is 1. The van der Waals surface area contributed by atoms with Crippen molar-refractivity contribution in [2.24, 2.45) is 0 Å². The Labute approximate surface area is 75.6 Å². The van der Waals surface area contributed by atoms with Gasteiger partial charge in [0.15, 0.2) is 0 Å². The molecule has 0 aromatic carbocycles. The fourth-order valence-electron chi connectivity index (χ4n) is 0.719. The molecule has 12 heavy (non-hydrogen) atoms. The molecule has 0 N–H and O–H groups in total. The minimum Gasteiger partial charge on any atom is -0.469 e. The van der Waals surface area contributed by atoms with Crippen LogP contribution in [0.2, 0.25) is 0 Å². The Hall–Kier alpha value is -0.393. The molecule has 0 fully saturated rings. The Morgan fingerprint density at radius 1 is 1.33 bits per heavy atom. The zero-order valence-electron chi connectivity index (χ0n) is 8.05. The Morgan fingerprint density at radius 3 is 2.17 bits per heavy atom. The predicted molar refractivity (Wildman–Crippen MR) is 47.9 cm³/mol. The maximum atomic E-state index is 10.8. The van der Waals surface area contributed by atoms with Gasteiger partial charge in [-0.2, -0.15) is 0 Å². The number of carbonyl (C=O) groups excluding carboxylic acids is 1. The van der Waals surface area contributed by atoms with E-state index in [9.17, 15) is 4.79 Å². The van der Waals surface area contributed by atoms with E-state index in [1.54, 1.807) is 14.2 Å². The summed E-state index contributed by atoms with van der Waals surface area (Å²) in [5.74, 6) is -0.232. The van der Waals surface area contributed by atoms with Crippen LogP contribution in [0.15, 0.2) is 0 Å². The first-order valence-corrected chi connectivity index (χ1v) is 4.75. The fourth-order valence-corrected chi connectivity index (χ4v) is 0.969. The van der Waals surface area contributed by atoms with Gasteiger partial charge in [0, 0.05) is 20.6 Å². The van der Waals surface area contributed by atoms with Crippen LogP contribution in [0.1, 0.15) is 12.8 Å². The zero-order valence-corrected chi connectivity index (χ0v) is 10.0. The summed E-state index contributed by atoms with van der Waals surface area (Å²) >= 11 is 0. The van der Waals surface area contributed by atoms with Crippen molar-refractivity contribution in [3.05, 3.63) is 0 Å². The van der Waals surface area contributed by atoms with Crippen molar-refractivity contribution in [3.63, 3.8) is 0 Å². The largest absolute Gasteiger partial charge is 0.469 e. The summed E-state index contributed by atoms with van der Waals surface area (Å²) in [6.07, 6.45) is 0.889. The molecule has 0 saturated carbocycles. The minimum atomic E-state index is -0.547. The molecular weight excluding hydrogens is 176 g/mol. The smallest absolute Gasteiger partial charge is 0.305 e. The summed E-state index contributed by atoms with van der Waals surface area (Å²) in [6.45, 7) is 0. The number of hydrogen-bond acceptors (Lipinski definition) is 4. The molecule has 0 atom stereocenters. The van der Waals surface area contributed by atoms with E-state index in [1.165, 1.54) is 7.11 Å². The first-order valence-electron chi connectivity index (χ1n) is 3.75. The molecule has 0 saturated heterocycles. The molecule has 0 spiro atoms. The molecule has 0 rings (SSSR count). The lowest BCUT2D eigenvalue weighted by Crippen LogP contribution is -2.34. The van der Waals surface area contributed by atoms with Crippen molar-refractivity contribution < 1.29 is 19.0 Å². The summed E-state index contributed by atoms with van der Waals surface area (Å²) in [5.41, 5.74) is -0.547. The van der Waals surface area contributed by atoms with E-state index in [2.05, 4.69) is 4.74 Å². The topological polar surface area (TPSA) is 44.8 Å². The van der Waals surface area contributed by atoms with Gasteiger partial charge in [-0.3, -0.25) is 4.79 Å². The van der Waals surface area contributed by atoms with Gasteiger partial charge in [0.25, 0.3) is 0 Å². The SMILES string of the molecule is COC(=O)CCC([SiH3])(OC)OC. The summed E-state index contributed by atoms with van der Waals surface area (Å²) < 4.78 is 14.7. The van der Waals surface area contributed by atoms with Crippen LogP contribution < -0.4 is 0 Å². The van der Waals surface area contributed by atoms with Crippen molar-refractivity contribution in [2.45, 2.75) is 18.3 Å². The molecule has 0 radical (unpaired) electrons. The van der Waals surface area contributed by atoms with E-state index in [-0.39, 0.29) is 5.97 Å². The highest BCUT2D eigenvalue weighted by Crippen LogP contribution is 2.13. The van der Waals surface area contributed by atoms with Crippen LogP contribution >= 0.6 is 0 Å². The molecule has 4 nitrogen and oxygen atoms in total. The quantitative estimate of drug-likeness (QED) is 0.327. The maximum absolute atomic E-state index is 10.8. The van der Waals surface area contributed by atoms with Crippen molar-refractivity contribution in [1.82, 2.24) is 0 Å². The summed E-state index contributed by atoms with van der Waals surface area (Å²) in [4.78, 5) is 10.8. The van der Waals surface area contributed by atoms with Gasteiger partial charge in [0.2, 0.25) is 0 Å². The maximum Gasteiger partial charge on any atom is 0.305 e. The standard InChI is InChI=1S/C7H16O4Si/c1-9-6(8)4-5-7(12,10-2)11-3/h4-5H2,1-3,12H3. The molecular formula is C7H16O4Si. The number of esters is 1. The van der Waals surface area contributed by atoms with Gasteiger partial charge in [-0.15, -0.1) is 0 Å². The van der Waals surface area contributed by atoms with E-state index in [1.807, 2.05) is 0 Å². The zero-order chi connectivity index (χ0) is 9.61. The molecule has 0 unspecified atom stereocenters. The summed E-state index contributed by atoms with van der Waals surface area (Å²) in [5, 5.41) is 0. The molecule has 0 heterocycles. The number of hydrogen-bond donors (Lipinski definition) is 0. The minimum absolute atomic E-state index is 0.232. The lowest BCUT2D eigenvalue weighted by molar-refractivity contribution is -0.158. The van der Waals surface area contributed by atoms with E-state index >= 15 is 0 Å². The molecule has 0 aliphatic heterocycles. The highest BCUT2D eigenvalue weighted by molar-refractivity contribution is 6.13. The number of ether oxygens (including phenoxy) is 3. The average molecular weight is 192 g/mol. The first kappa shape index (κ1) is 11.6. The van der Waals surface area contributed by atoms with Gasteiger partial charge in [-0.05, 0) is 0 Å². The number of rotatable bonds is 5. The second-order valence-corrected chi connectivity index (χ2v) is 4.14. The van der Waals surface area contributed by atoms with E-state index in [0.29, 0.717) is 12.8 Å². The van der Waals surface area contributed by atoms with Crippen molar-refractivity contribution >= 4 is 16.2 Å². The van der Waals surface area contributed by atoms with Crippen molar-refractivity contribution in [1.29, 1.82) is 0 Å². The lowest BCUT2D eigenvalue weighted by Gasteiger charge is -2.25. The highest BCUT2D eigenvalue weighted by atomic mass is 28.1. The van der Waals surface area contributed by atoms with E-state index in [0.717, 1.165) is 10.2 Å². The van der Waals surface area contributed by atoms with Crippen molar-refractivity contribution in [2.75, 3.05) is 21.3 Å². The van der Waals surface area contributed by atoms with Crippen LogP contribution in [-0.2, 0) is 19.0 Å². The Morgan fingerprint density at radius 2 is 1.83 bits per heavy atom. The second kappa shape index (κ2) is 5.29. The van der Waals surface area contributed by atoms with Crippen LogP contribution in [0.3, 0.4) is 0 Å². The summed E-state index contributed by atoms with van der Waals surface area (Å²) in [6, 6.07) is 0. The Kier molecular flexibility index (Phi) is 5.11. The Bertz CT molecular complexity index is 144. The first-order chi connectivity index (χ1) is 5.58. The van der Waals surface area contributed by atoms with Gasteiger partial charge < -0.3 is 14.2 Å². The normalized spacial score (nSPS) is 11.6. The third kappa shape index (κ3) is 3.84. The summed E-state index contributed by atoms with van der Waals surface area (Å²) in [7, 11) is 5.25. The average Bonchev–Trinajstić information content (AvgIpc) is 2.13. The van der Waals surface area contributed by atoms with Crippen LogP contribution in [0.25, 0.3) is 0 Å². The van der Waals surface area contributed by atoms with Crippen LogP contribution in [0, 0.1) is 0 Å². The van der Waals surface area contributed by atoms with Gasteiger partial charge >= 0.3 is 5.97 Å². The third-order valence-corrected chi connectivity index (χ3v) is 3.19. The van der Waals surface area contributed by atoms with Crippen LogP contribution in [0.4, 0.5) is 0 Å². The van der Waals surface area contributed by atoms with Gasteiger partial charge in [0.05, 0.1) is 23.8 Å².